The Kier molecular flexibility index (Phi) is 7.17. The van der Waals surface area contributed by atoms with E-state index in [4.69, 9.17) is 0 Å². The molecule has 1 aromatic heterocycles. The number of rotatable bonds is 7. The van der Waals surface area contributed by atoms with E-state index >= 15 is 0 Å². The molecule has 0 aliphatic carbocycles. The van der Waals surface area contributed by atoms with Gasteiger partial charge in [-0.2, -0.15) is 0 Å². The van der Waals surface area contributed by atoms with Crippen LogP contribution in [-0.4, -0.2) is 54.4 Å². The molecule has 3 heterocycles. The van der Waals surface area contributed by atoms with Crippen LogP contribution in [0.2, 0.25) is 0 Å². The molecule has 2 amide bonds. The van der Waals surface area contributed by atoms with E-state index in [2.05, 4.69) is 27.4 Å². The predicted octanol–water partition coefficient (Wildman–Crippen LogP) is 3.72. The van der Waals surface area contributed by atoms with Crippen LogP contribution in [-0.2, 0) is 4.79 Å². The number of nitrogens with zero attached hydrogens (tertiary/aromatic N) is 3. The first-order valence-corrected chi connectivity index (χ1v) is 11.7. The highest BCUT2D eigenvalue weighted by molar-refractivity contribution is 6.17. The summed E-state index contributed by atoms with van der Waals surface area (Å²) in [4.78, 5) is 34.7. The summed E-state index contributed by atoms with van der Waals surface area (Å²) >= 11 is 0. The third-order valence-corrected chi connectivity index (χ3v) is 6.42. The smallest absolute Gasteiger partial charge is 0.257 e. The fourth-order valence-electron chi connectivity index (χ4n) is 4.64. The molecular formula is C25H33N5O2. The second-order valence-electron chi connectivity index (χ2n) is 8.79. The van der Waals surface area contributed by atoms with E-state index in [0.717, 1.165) is 50.5 Å². The molecule has 32 heavy (non-hydrogen) atoms. The van der Waals surface area contributed by atoms with Gasteiger partial charge in [-0.25, -0.2) is 4.98 Å². The molecule has 0 spiro atoms. The molecule has 0 radical (unpaired) electrons. The van der Waals surface area contributed by atoms with E-state index in [9.17, 15) is 9.59 Å². The number of amides is 2. The number of piperidine rings is 1. The van der Waals surface area contributed by atoms with E-state index in [-0.39, 0.29) is 11.8 Å². The first-order valence-electron chi connectivity index (χ1n) is 11.7. The summed E-state index contributed by atoms with van der Waals surface area (Å²) in [6, 6.07) is 9.17. The molecule has 2 aliphatic heterocycles. The van der Waals surface area contributed by atoms with Crippen molar-refractivity contribution in [3.8, 4) is 0 Å². The number of likely N-dealkylation sites (tertiary alicyclic amines) is 1. The third kappa shape index (κ3) is 5.00. The Balaban J connectivity index is 1.48. The van der Waals surface area contributed by atoms with E-state index < -0.39 is 0 Å². The normalized spacial score (nSPS) is 16.8. The van der Waals surface area contributed by atoms with Gasteiger partial charge < -0.3 is 10.6 Å². The van der Waals surface area contributed by atoms with Crippen LogP contribution in [0.1, 0.15) is 48.5 Å². The Morgan fingerprint density at radius 1 is 1.25 bits per heavy atom. The van der Waals surface area contributed by atoms with Gasteiger partial charge in [0.15, 0.2) is 5.82 Å². The molecule has 0 saturated carbocycles. The van der Waals surface area contributed by atoms with Gasteiger partial charge in [-0.1, -0.05) is 18.6 Å². The van der Waals surface area contributed by atoms with Gasteiger partial charge in [0.05, 0.1) is 23.5 Å². The molecular weight excluding hydrogens is 402 g/mol. The Hall–Kier alpha value is -2.77. The maximum atomic E-state index is 13.6. The van der Waals surface area contributed by atoms with Crippen molar-refractivity contribution in [2.75, 3.05) is 42.9 Å². The van der Waals surface area contributed by atoms with Crippen LogP contribution < -0.4 is 15.5 Å². The fraction of sp³-hybridized carbons (Fsp3) is 0.480. The Labute approximate surface area is 190 Å². The molecule has 7 heteroatoms. The van der Waals surface area contributed by atoms with Crippen molar-refractivity contribution >= 4 is 29.0 Å². The number of carbonyl (C=O) groups is 2. The molecule has 0 bridgehead atoms. The zero-order valence-corrected chi connectivity index (χ0v) is 19.1. The minimum Gasteiger partial charge on any atom is -0.319 e. The van der Waals surface area contributed by atoms with Crippen molar-refractivity contribution in [1.29, 1.82) is 0 Å². The maximum Gasteiger partial charge on any atom is 0.257 e. The molecule has 1 aromatic carbocycles. The number of carbonyl (C=O) groups excluding carboxylic acids is 2. The average molecular weight is 436 g/mol. The van der Waals surface area contributed by atoms with Crippen LogP contribution in [0.15, 0.2) is 36.5 Å². The Bertz CT molecular complexity index is 969. The van der Waals surface area contributed by atoms with E-state index in [1.165, 1.54) is 12.8 Å². The second-order valence-corrected chi connectivity index (χ2v) is 8.79. The van der Waals surface area contributed by atoms with Crippen molar-refractivity contribution in [2.24, 2.45) is 5.92 Å². The predicted molar refractivity (Wildman–Crippen MR) is 127 cm³/mol. The number of hydrogen-bond donors (Lipinski definition) is 2. The lowest BCUT2D eigenvalue weighted by Gasteiger charge is -2.33. The third-order valence-electron chi connectivity index (χ3n) is 6.42. The van der Waals surface area contributed by atoms with Gasteiger partial charge in [-0.05, 0) is 89.0 Å². The van der Waals surface area contributed by atoms with E-state index in [1.54, 1.807) is 23.2 Å². The summed E-state index contributed by atoms with van der Waals surface area (Å²) in [5.74, 6) is 0.946. The minimum atomic E-state index is -0.216. The molecule has 2 aliphatic rings. The summed E-state index contributed by atoms with van der Waals surface area (Å²) in [7, 11) is 0. The Morgan fingerprint density at radius 2 is 2.06 bits per heavy atom. The molecule has 1 fully saturated rings. The zero-order valence-electron chi connectivity index (χ0n) is 19.1. The molecule has 4 rings (SSSR count). The largest absolute Gasteiger partial charge is 0.319 e. The van der Waals surface area contributed by atoms with Crippen molar-refractivity contribution < 1.29 is 9.59 Å². The number of nitrogens with one attached hydrogen (secondary N) is 2. The molecule has 1 saturated heterocycles. The van der Waals surface area contributed by atoms with E-state index in [1.807, 2.05) is 25.1 Å². The number of fused-ring (bicyclic) bond motifs is 2. The number of benzene rings is 1. The second kappa shape index (κ2) is 10.2. The minimum absolute atomic E-state index is 0.0582. The summed E-state index contributed by atoms with van der Waals surface area (Å²) in [5, 5.41) is 6.31. The summed E-state index contributed by atoms with van der Waals surface area (Å²) < 4.78 is 0. The van der Waals surface area contributed by atoms with Crippen molar-refractivity contribution in [3.05, 3.63) is 47.7 Å². The zero-order chi connectivity index (χ0) is 22.5. The van der Waals surface area contributed by atoms with Crippen molar-refractivity contribution in [3.63, 3.8) is 0 Å². The van der Waals surface area contributed by atoms with Gasteiger partial charge in [0, 0.05) is 6.20 Å². The van der Waals surface area contributed by atoms with Gasteiger partial charge in [0.2, 0.25) is 5.91 Å². The monoisotopic (exact) mass is 435 g/mol. The summed E-state index contributed by atoms with van der Waals surface area (Å²) in [6.45, 7) is 8.37. The van der Waals surface area contributed by atoms with Crippen LogP contribution >= 0.6 is 0 Å². The van der Waals surface area contributed by atoms with Crippen LogP contribution in [0.3, 0.4) is 0 Å². The van der Waals surface area contributed by atoms with Crippen LogP contribution in [0, 0.1) is 12.8 Å². The quantitative estimate of drug-likeness (QED) is 0.648. The summed E-state index contributed by atoms with van der Waals surface area (Å²) in [6.07, 6.45) is 6.38. The van der Waals surface area contributed by atoms with Gasteiger partial charge in [0.25, 0.3) is 5.91 Å². The van der Waals surface area contributed by atoms with Gasteiger partial charge in [0.1, 0.15) is 0 Å². The average Bonchev–Trinajstić information content (AvgIpc) is 2.91. The number of pyridine rings is 1. The number of aryl methyl sites for hydroxylation is 1. The topological polar surface area (TPSA) is 77.6 Å². The van der Waals surface area contributed by atoms with Crippen molar-refractivity contribution in [2.45, 2.75) is 39.5 Å². The van der Waals surface area contributed by atoms with Crippen LogP contribution in [0.4, 0.5) is 17.2 Å². The van der Waals surface area contributed by atoms with Gasteiger partial charge >= 0.3 is 0 Å². The number of hydrogen-bond acceptors (Lipinski definition) is 5. The first kappa shape index (κ1) is 22.4. The highest BCUT2D eigenvalue weighted by Crippen LogP contribution is 2.37. The molecule has 2 aromatic rings. The fourth-order valence-corrected chi connectivity index (χ4v) is 4.64. The standard InChI is InChI=1S/C25H33N5O2/c1-3-26-12-4-6-19-10-14-29(15-11-19)17-23(31)30-22-9-8-18(2)16-20(22)25(32)28-21-7-5-13-27-24(21)30/h5,7-9,13,16,19,26H,3-4,6,10-12,14-15,17H2,1-2H3,(H,28,32). The highest BCUT2D eigenvalue weighted by Gasteiger charge is 2.32. The Morgan fingerprint density at radius 3 is 2.84 bits per heavy atom. The number of aromatic nitrogens is 1. The first-order chi connectivity index (χ1) is 15.6. The lowest BCUT2D eigenvalue weighted by molar-refractivity contribution is -0.119. The SMILES string of the molecule is CCNCCCC1CCN(CC(=O)N2c3ccc(C)cc3C(=O)Nc3cccnc32)CC1. The molecule has 170 valence electrons. The molecule has 0 unspecified atom stereocenters. The molecule has 2 N–H and O–H groups in total. The van der Waals surface area contributed by atoms with E-state index in [0.29, 0.717) is 29.3 Å². The lowest BCUT2D eigenvalue weighted by Crippen LogP contribution is -2.42. The lowest BCUT2D eigenvalue weighted by atomic mass is 9.92. The van der Waals surface area contributed by atoms with Gasteiger partial charge in [-0.15, -0.1) is 0 Å². The van der Waals surface area contributed by atoms with Crippen molar-refractivity contribution in [1.82, 2.24) is 15.2 Å². The highest BCUT2D eigenvalue weighted by atomic mass is 16.2. The van der Waals surface area contributed by atoms with Gasteiger partial charge in [-0.3, -0.25) is 19.4 Å². The van der Waals surface area contributed by atoms with Crippen LogP contribution in [0.25, 0.3) is 0 Å². The van der Waals surface area contributed by atoms with Crippen LogP contribution in [0.5, 0.6) is 0 Å². The summed E-state index contributed by atoms with van der Waals surface area (Å²) in [5.41, 5.74) is 2.62. The number of anilines is 3. The molecule has 7 nitrogen and oxygen atoms in total. The molecule has 0 atom stereocenters. The maximum absolute atomic E-state index is 13.6.